The first-order chi connectivity index (χ1) is 13.3. The zero-order valence-electron chi connectivity index (χ0n) is 15.8. The van der Waals surface area contributed by atoms with Crippen LogP contribution in [0.25, 0.3) is 0 Å². The van der Waals surface area contributed by atoms with E-state index in [4.69, 9.17) is 13.9 Å². The zero-order chi connectivity index (χ0) is 20.7. The molecule has 0 spiro atoms. The van der Waals surface area contributed by atoms with Crippen LogP contribution in [0.3, 0.4) is 0 Å². The molecular formula is C19H21NO7S. The van der Waals surface area contributed by atoms with E-state index < -0.39 is 24.5 Å². The number of nitrogens with one attached hydrogen (secondary N) is 1. The summed E-state index contributed by atoms with van der Waals surface area (Å²) in [4.78, 5) is 48.2. The molecule has 0 atom stereocenters. The van der Waals surface area contributed by atoms with E-state index >= 15 is 0 Å². The van der Waals surface area contributed by atoms with E-state index in [1.54, 1.807) is 26.0 Å². The van der Waals surface area contributed by atoms with E-state index in [0.29, 0.717) is 22.6 Å². The van der Waals surface area contributed by atoms with Gasteiger partial charge in [0.1, 0.15) is 10.8 Å². The number of hydrogen-bond acceptors (Lipinski definition) is 8. The zero-order valence-corrected chi connectivity index (χ0v) is 16.6. The number of Topliss-reactive ketones (excluding diaryl/α,β-unsaturated/α-hetero) is 1. The molecule has 0 aromatic carbocycles. The first-order valence-corrected chi connectivity index (χ1v) is 9.44. The Morgan fingerprint density at radius 1 is 1.21 bits per heavy atom. The fourth-order valence-corrected chi connectivity index (χ4v) is 3.55. The molecular weight excluding hydrogens is 386 g/mol. The molecule has 0 bridgehead atoms. The number of anilines is 1. The van der Waals surface area contributed by atoms with Gasteiger partial charge in [0.05, 0.1) is 29.7 Å². The highest BCUT2D eigenvalue weighted by molar-refractivity contribution is 7.18. The summed E-state index contributed by atoms with van der Waals surface area (Å²) in [7, 11) is 0. The molecule has 2 aromatic heterocycles. The summed E-state index contributed by atoms with van der Waals surface area (Å²) in [6.07, 6.45) is 1.95. The molecule has 0 aliphatic carbocycles. The quantitative estimate of drug-likeness (QED) is 0.502. The summed E-state index contributed by atoms with van der Waals surface area (Å²) >= 11 is 0.984. The molecule has 0 aliphatic rings. The van der Waals surface area contributed by atoms with Crippen LogP contribution in [0.15, 0.2) is 22.8 Å². The van der Waals surface area contributed by atoms with Crippen molar-refractivity contribution in [3.05, 3.63) is 40.2 Å². The maximum atomic E-state index is 12.2. The maximum absolute atomic E-state index is 12.2. The van der Waals surface area contributed by atoms with Gasteiger partial charge in [-0.2, -0.15) is 0 Å². The average Bonchev–Trinajstić information content (AvgIpc) is 3.26. The Morgan fingerprint density at radius 2 is 1.96 bits per heavy atom. The van der Waals surface area contributed by atoms with Crippen molar-refractivity contribution in [2.45, 2.75) is 33.6 Å². The van der Waals surface area contributed by atoms with Crippen molar-refractivity contribution in [1.29, 1.82) is 0 Å². The smallest absolute Gasteiger partial charge is 0.341 e. The molecule has 0 saturated heterocycles. The van der Waals surface area contributed by atoms with Crippen LogP contribution in [0.1, 0.15) is 51.6 Å². The summed E-state index contributed by atoms with van der Waals surface area (Å²) in [5.74, 6) is -1.38. The van der Waals surface area contributed by atoms with Gasteiger partial charge in [0.15, 0.2) is 12.4 Å². The number of hydrogen-bond donors (Lipinski definition) is 1. The lowest BCUT2D eigenvalue weighted by Crippen LogP contribution is -2.21. The Labute approximate surface area is 165 Å². The molecule has 0 unspecified atom stereocenters. The monoisotopic (exact) mass is 407 g/mol. The Kier molecular flexibility index (Phi) is 7.51. The number of thiophene rings is 1. The van der Waals surface area contributed by atoms with Gasteiger partial charge >= 0.3 is 11.9 Å². The van der Waals surface area contributed by atoms with Crippen molar-refractivity contribution < 1.29 is 33.1 Å². The highest BCUT2D eigenvalue weighted by Crippen LogP contribution is 2.34. The number of rotatable bonds is 9. The Balaban J connectivity index is 1.98. The lowest BCUT2D eigenvalue weighted by molar-refractivity contribution is -0.147. The molecule has 2 aromatic rings. The molecule has 150 valence electrons. The third kappa shape index (κ3) is 5.53. The predicted octanol–water partition coefficient (Wildman–Crippen LogP) is 3.14. The summed E-state index contributed by atoms with van der Waals surface area (Å²) in [5.41, 5.74) is 0.580. The second-order valence-electron chi connectivity index (χ2n) is 5.83. The number of amides is 1. The molecule has 2 rings (SSSR count). The number of furan rings is 1. The number of carbonyl (C=O) groups is 4. The minimum atomic E-state index is -0.630. The average molecular weight is 407 g/mol. The van der Waals surface area contributed by atoms with Crippen LogP contribution < -0.4 is 5.32 Å². The summed E-state index contributed by atoms with van der Waals surface area (Å²) in [6.45, 7) is 4.30. The van der Waals surface area contributed by atoms with Crippen LogP contribution in [-0.2, 0) is 25.5 Å². The van der Waals surface area contributed by atoms with Gasteiger partial charge in [-0.25, -0.2) is 4.79 Å². The van der Waals surface area contributed by atoms with Gasteiger partial charge in [-0.3, -0.25) is 14.4 Å². The Hall–Kier alpha value is -2.94. The van der Waals surface area contributed by atoms with Crippen molar-refractivity contribution in [2.24, 2.45) is 0 Å². The molecule has 1 N–H and O–H groups in total. The van der Waals surface area contributed by atoms with Crippen molar-refractivity contribution in [1.82, 2.24) is 0 Å². The third-order valence-corrected chi connectivity index (χ3v) is 5.03. The van der Waals surface area contributed by atoms with Crippen LogP contribution in [0, 0.1) is 6.92 Å². The van der Waals surface area contributed by atoms with Crippen LogP contribution in [0.5, 0.6) is 0 Å². The molecule has 0 aliphatic heterocycles. The Bertz CT molecular complexity index is 867. The van der Waals surface area contributed by atoms with Gasteiger partial charge in [0, 0.05) is 6.42 Å². The van der Waals surface area contributed by atoms with E-state index in [1.807, 2.05) is 0 Å². The van der Waals surface area contributed by atoms with Crippen LogP contribution in [-0.4, -0.2) is 36.8 Å². The number of esters is 2. The van der Waals surface area contributed by atoms with Gasteiger partial charge in [-0.1, -0.05) is 0 Å². The molecule has 8 nitrogen and oxygen atoms in total. The molecule has 1 amide bonds. The van der Waals surface area contributed by atoms with Gasteiger partial charge < -0.3 is 19.2 Å². The largest absolute Gasteiger partial charge is 0.469 e. The first kappa shape index (κ1) is 21.4. The van der Waals surface area contributed by atoms with Crippen LogP contribution in [0.4, 0.5) is 5.00 Å². The van der Waals surface area contributed by atoms with E-state index in [-0.39, 0.29) is 29.4 Å². The van der Waals surface area contributed by atoms with Gasteiger partial charge in [-0.05, 0) is 38.5 Å². The fourth-order valence-electron chi connectivity index (χ4n) is 2.45. The van der Waals surface area contributed by atoms with Gasteiger partial charge in [0.25, 0.3) is 5.91 Å². The van der Waals surface area contributed by atoms with Gasteiger partial charge in [0.2, 0.25) is 0 Å². The minimum absolute atomic E-state index is 0.0709. The number of carbonyl (C=O) groups excluding carboxylic acids is 4. The second kappa shape index (κ2) is 9.84. The van der Waals surface area contributed by atoms with Crippen molar-refractivity contribution in [3.8, 4) is 0 Å². The SMILES string of the molecule is CCOC(=O)c1c(NC(=O)COC(=O)CCc2ccco2)sc(C(C)=O)c1C. The van der Waals surface area contributed by atoms with Crippen molar-refractivity contribution >= 4 is 40.0 Å². The minimum Gasteiger partial charge on any atom is -0.469 e. The van der Waals surface area contributed by atoms with Crippen LogP contribution >= 0.6 is 11.3 Å². The number of ether oxygens (including phenoxy) is 2. The van der Waals surface area contributed by atoms with Crippen molar-refractivity contribution in [2.75, 3.05) is 18.5 Å². The highest BCUT2D eigenvalue weighted by atomic mass is 32.1. The summed E-state index contributed by atoms with van der Waals surface area (Å²) in [5, 5.41) is 2.71. The van der Waals surface area contributed by atoms with E-state index in [2.05, 4.69) is 5.32 Å². The highest BCUT2D eigenvalue weighted by Gasteiger charge is 2.25. The third-order valence-electron chi connectivity index (χ3n) is 3.72. The standard InChI is InChI=1S/C19H21NO7S/c1-4-25-19(24)16-11(2)17(12(3)21)28-18(16)20-14(22)10-27-15(23)8-7-13-6-5-9-26-13/h5-6,9H,4,7-8,10H2,1-3H3,(H,20,22). The number of aryl methyl sites for hydroxylation is 1. The number of ketones is 1. The van der Waals surface area contributed by atoms with Crippen molar-refractivity contribution in [3.63, 3.8) is 0 Å². The van der Waals surface area contributed by atoms with Crippen LogP contribution in [0.2, 0.25) is 0 Å². The molecule has 2 heterocycles. The predicted molar refractivity (Wildman–Crippen MR) is 102 cm³/mol. The Morgan fingerprint density at radius 3 is 2.57 bits per heavy atom. The maximum Gasteiger partial charge on any atom is 0.341 e. The lowest BCUT2D eigenvalue weighted by Gasteiger charge is -2.08. The summed E-state index contributed by atoms with van der Waals surface area (Å²) < 4.78 is 15.1. The molecule has 9 heteroatoms. The molecule has 0 saturated carbocycles. The topological polar surface area (TPSA) is 112 Å². The molecule has 0 fully saturated rings. The molecule has 28 heavy (non-hydrogen) atoms. The fraction of sp³-hybridized carbons (Fsp3) is 0.368. The summed E-state index contributed by atoms with van der Waals surface area (Å²) in [6, 6.07) is 3.45. The van der Waals surface area contributed by atoms with Gasteiger partial charge in [-0.15, -0.1) is 11.3 Å². The molecule has 0 radical (unpaired) electrons. The van der Waals surface area contributed by atoms with E-state index in [1.165, 1.54) is 13.2 Å². The van der Waals surface area contributed by atoms with E-state index in [0.717, 1.165) is 11.3 Å². The second-order valence-corrected chi connectivity index (χ2v) is 6.85. The first-order valence-electron chi connectivity index (χ1n) is 8.62. The van der Waals surface area contributed by atoms with E-state index in [9.17, 15) is 19.2 Å². The normalized spacial score (nSPS) is 10.4. The lowest BCUT2D eigenvalue weighted by atomic mass is 10.1.